The molecule has 0 saturated carbocycles. The van der Waals surface area contributed by atoms with E-state index in [2.05, 4.69) is 112 Å². The minimum Gasteiger partial charge on any atom is -0.542 e. The van der Waals surface area contributed by atoms with Crippen LogP contribution < -0.4 is 10.2 Å². The van der Waals surface area contributed by atoms with E-state index in [-0.39, 0.29) is 0 Å². The fourth-order valence-electron chi connectivity index (χ4n) is 5.41. The Bertz CT molecular complexity index is 1060. The van der Waals surface area contributed by atoms with Crippen LogP contribution in [0.1, 0.15) is 72.4 Å². The van der Waals surface area contributed by atoms with Gasteiger partial charge in [-0.1, -0.05) is 83.5 Å². The number of nitrogen functional groups attached to an aromatic ring is 1. The van der Waals surface area contributed by atoms with Crippen LogP contribution in [0.5, 0.6) is 5.75 Å². The van der Waals surface area contributed by atoms with Crippen molar-refractivity contribution in [2.24, 2.45) is 0 Å². The van der Waals surface area contributed by atoms with Crippen LogP contribution in [0.4, 0.5) is 5.69 Å². The molecule has 0 spiro atoms. The molecule has 174 valence electrons. The van der Waals surface area contributed by atoms with Crippen molar-refractivity contribution < 1.29 is 4.43 Å². The van der Waals surface area contributed by atoms with Gasteiger partial charge in [-0.3, -0.25) is 0 Å². The summed E-state index contributed by atoms with van der Waals surface area (Å²) in [7, 11) is -2.00. The number of fused-ring (bicyclic) bond motifs is 1. The van der Waals surface area contributed by atoms with Gasteiger partial charge in [-0.15, -0.1) is 0 Å². The van der Waals surface area contributed by atoms with Crippen LogP contribution in [0.3, 0.4) is 0 Å². The first-order valence-electron chi connectivity index (χ1n) is 11.8. The van der Waals surface area contributed by atoms with E-state index in [1.54, 1.807) is 0 Å². The zero-order valence-corrected chi connectivity index (χ0v) is 23.5. The number of nitrogens with zero attached hydrogens (tertiary/aromatic N) is 1. The molecule has 5 heteroatoms. The summed E-state index contributed by atoms with van der Waals surface area (Å²) >= 11 is 3.58. The Kier molecular flexibility index (Phi) is 7.50. The Hall–Kier alpha value is -1.72. The van der Waals surface area contributed by atoms with Gasteiger partial charge in [0.15, 0.2) is 0 Å². The van der Waals surface area contributed by atoms with Crippen molar-refractivity contribution in [2.45, 2.75) is 84.5 Å². The van der Waals surface area contributed by atoms with E-state index < -0.39 is 8.32 Å². The van der Waals surface area contributed by atoms with Gasteiger partial charge in [0.2, 0.25) is 0 Å². The smallest absolute Gasteiger partial charge is 0.258 e. The first-order chi connectivity index (χ1) is 15.0. The van der Waals surface area contributed by atoms with Gasteiger partial charge in [0, 0.05) is 28.3 Å². The monoisotopic (exact) mass is 514 g/mol. The molecule has 3 nitrogen and oxygen atoms in total. The maximum absolute atomic E-state index is 7.08. The summed E-state index contributed by atoms with van der Waals surface area (Å²) in [4.78, 5) is 0. The molecule has 2 N–H and O–H groups in total. The average molecular weight is 516 g/mol. The SMILES string of the molecule is CC(C)c1cc(Cn2ccc3c(N)cc(Br)cc32)ccc1O[Si](C(C)C)(C(C)C)C(C)C. The molecule has 3 aromatic rings. The van der Waals surface area contributed by atoms with E-state index in [9.17, 15) is 0 Å². The highest BCUT2D eigenvalue weighted by atomic mass is 79.9. The number of rotatable bonds is 8. The Balaban J connectivity index is 2.00. The molecule has 0 aliphatic carbocycles. The van der Waals surface area contributed by atoms with Gasteiger partial charge in [-0.05, 0) is 57.9 Å². The maximum Gasteiger partial charge on any atom is 0.258 e. The van der Waals surface area contributed by atoms with E-state index in [0.717, 1.165) is 33.4 Å². The minimum atomic E-state index is -2.00. The maximum atomic E-state index is 7.08. The molecule has 3 rings (SSSR count). The van der Waals surface area contributed by atoms with Gasteiger partial charge < -0.3 is 14.7 Å². The van der Waals surface area contributed by atoms with Gasteiger partial charge in [0.1, 0.15) is 5.75 Å². The normalized spacial score (nSPS) is 12.7. The molecule has 1 aromatic heterocycles. The van der Waals surface area contributed by atoms with Crippen LogP contribution in [0.2, 0.25) is 16.6 Å². The number of hydrogen-bond donors (Lipinski definition) is 1. The standard InChI is InChI=1S/C27H39BrN2OSi/c1-17(2)24-13-21(16-30-12-11-23-25(29)14-22(28)15-26(23)30)9-10-27(24)31-32(18(3)4,19(5)6)20(7)8/h9-15,17-20H,16,29H2,1-8H3. The Labute approximate surface area is 203 Å². The largest absolute Gasteiger partial charge is 0.542 e. The average Bonchev–Trinajstić information content (AvgIpc) is 3.08. The molecule has 0 bridgehead atoms. The summed E-state index contributed by atoms with van der Waals surface area (Å²) in [6.07, 6.45) is 2.13. The topological polar surface area (TPSA) is 40.2 Å². The van der Waals surface area contributed by atoms with Crippen LogP contribution in [-0.2, 0) is 6.54 Å². The molecule has 0 aliphatic heterocycles. The third-order valence-corrected chi connectivity index (χ3v) is 13.4. The highest BCUT2D eigenvalue weighted by Crippen LogP contribution is 2.44. The lowest BCUT2D eigenvalue weighted by Gasteiger charge is -2.43. The van der Waals surface area contributed by atoms with Crippen molar-refractivity contribution >= 4 is 40.8 Å². The number of halogens is 1. The fraction of sp³-hybridized carbons (Fsp3) is 0.481. The molecule has 0 amide bonds. The second kappa shape index (κ2) is 9.64. The predicted octanol–water partition coefficient (Wildman–Crippen LogP) is 8.71. The summed E-state index contributed by atoms with van der Waals surface area (Å²) in [6, 6.07) is 13.0. The fourth-order valence-corrected chi connectivity index (χ4v) is 11.1. The summed E-state index contributed by atoms with van der Waals surface area (Å²) in [6.45, 7) is 19.4. The zero-order chi connectivity index (χ0) is 23.8. The van der Waals surface area contributed by atoms with E-state index in [1.807, 2.05) is 6.07 Å². The first-order valence-corrected chi connectivity index (χ1v) is 14.8. The molecule has 32 heavy (non-hydrogen) atoms. The summed E-state index contributed by atoms with van der Waals surface area (Å²) in [5.74, 6) is 1.48. The predicted molar refractivity (Wildman–Crippen MR) is 145 cm³/mol. The number of hydrogen-bond acceptors (Lipinski definition) is 2. The lowest BCUT2D eigenvalue weighted by atomic mass is 9.99. The van der Waals surface area contributed by atoms with E-state index in [0.29, 0.717) is 22.5 Å². The minimum absolute atomic E-state index is 0.398. The van der Waals surface area contributed by atoms with Crippen molar-refractivity contribution in [2.75, 3.05) is 5.73 Å². The van der Waals surface area contributed by atoms with Crippen molar-refractivity contribution in [3.8, 4) is 5.75 Å². The highest BCUT2D eigenvalue weighted by Gasteiger charge is 2.47. The van der Waals surface area contributed by atoms with Gasteiger partial charge in [-0.2, -0.15) is 0 Å². The van der Waals surface area contributed by atoms with Gasteiger partial charge in [0.25, 0.3) is 8.32 Å². The number of nitrogens with two attached hydrogens (primary N) is 1. The van der Waals surface area contributed by atoms with Crippen LogP contribution in [0.25, 0.3) is 10.9 Å². The third-order valence-electron chi connectivity index (χ3n) is 6.93. The van der Waals surface area contributed by atoms with E-state index >= 15 is 0 Å². The lowest BCUT2D eigenvalue weighted by Crippen LogP contribution is -2.50. The molecule has 0 aliphatic rings. The third kappa shape index (κ3) is 4.65. The molecule has 0 fully saturated rings. The van der Waals surface area contributed by atoms with Gasteiger partial charge in [0.05, 0.1) is 5.52 Å². The lowest BCUT2D eigenvalue weighted by molar-refractivity contribution is 0.472. The molecule has 1 heterocycles. The molecule has 0 saturated heterocycles. The van der Waals surface area contributed by atoms with E-state index in [4.69, 9.17) is 10.2 Å². The Morgan fingerprint density at radius 3 is 2.09 bits per heavy atom. The van der Waals surface area contributed by atoms with Crippen molar-refractivity contribution in [3.05, 3.63) is 58.2 Å². The second-order valence-electron chi connectivity index (χ2n) is 10.3. The highest BCUT2D eigenvalue weighted by molar-refractivity contribution is 9.10. The quantitative estimate of drug-likeness (QED) is 0.241. The van der Waals surface area contributed by atoms with Crippen LogP contribution in [0, 0.1) is 0 Å². The molecule has 0 atom stereocenters. The van der Waals surface area contributed by atoms with Crippen LogP contribution in [0.15, 0.2) is 47.1 Å². The summed E-state index contributed by atoms with van der Waals surface area (Å²) in [5.41, 5.74) is 12.4. The first kappa shape index (κ1) is 24.9. The molecule has 2 aromatic carbocycles. The molecular weight excluding hydrogens is 476 g/mol. The molecular formula is C27H39BrN2OSi. The number of aromatic nitrogens is 1. The van der Waals surface area contributed by atoms with Crippen molar-refractivity contribution in [1.82, 2.24) is 4.57 Å². The Morgan fingerprint density at radius 1 is 0.906 bits per heavy atom. The number of anilines is 1. The summed E-state index contributed by atoms with van der Waals surface area (Å²) < 4.78 is 10.4. The zero-order valence-electron chi connectivity index (χ0n) is 20.9. The van der Waals surface area contributed by atoms with Crippen LogP contribution in [-0.4, -0.2) is 12.9 Å². The molecule has 0 unspecified atom stereocenters. The van der Waals surface area contributed by atoms with Crippen molar-refractivity contribution in [3.63, 3.8) is 0 Å². The molecule has 0 radical (unpaired) electrons. The van der Waals surface area contributed by atoms with E-state index in [1.165, 1.54) is 11.1 Å². The van der Waals surface area contributed by atoms with Gasteiger partial charge >= 0.3 is 0 Å². The van der Waals surface area contributed by atoms with Gasteiger partial charge in [-0.25, -0.2) is 0 Å². The Morgan fingerprint density at radius 2 is 1.53 bits per heavy atom. The second-order valence-corrected chi connectivity index (χ2v) is 16.6. The van der Waals surface area contributed by atoms with Crippen LogP contribution >= 0.6 is 15.9 Å². The summed E-state index contributed by atoms with van der Waals surface area (Å²) in [5, 5.41) is 1.10. The number of benzene rings is 2. The van der Waals surface area contributed by atoms with Crippen molar-refractivity contribution in [1.29, 1.82) is 0 Å².